The molecule has 1 aliphatic rings. The number of hydrogen-bond acceptors (Lipinski definition) is 2. The number of nitrogens with one attached hydrogen (secondary N) is 1. The molecular weight excluding hydrogens is 258 g/mol. The minimum atomic E-state index is 0.0683. The molecular formula is C11H20BrNO2. The highest BCUT2D eigenvalue weighted by Gasteiger charge is 2.25. The molecule has 0 aromatic carbocycles. The Labute approximate surface area is 100 Å². The van der Waals surface area contributed by atoms with Crippen LogP contribution in [0.1, 0.15) is 26.7 Å². The van der Waals surface area contributed by atoms with Gasteiger partial charge in [-0.05, 0) is 18.8 Å². The Morgan fingerprint density at radius 1 is 1.60 bits per heavy atom. The molecule has 1 amide bonds. The maximum atomic E-state index is 11.8. The zero-order chi connectivity index (χ0) is 11.3. The molecule has 1 saturated heterocycles. The van der Waals surface area contributed by atoms with E-state index in [0.717, 1.165) is 24.8 Å². The largest absolute Gasteiger partial charge is 0.381 e. The number of ether oxygens (including phenoxy) is 1. The Bertz CT molecular complexity index is 203. The maximum absolute atomic E-state index is 11.8. The lowest BCUT2D eigenvalue weighted by molar-refractivity contribution is -0.125. The second-order valence-electron chi connectivity index (χ2n) is 4.55. The average molecular weight is 278 g/mol. The first-order valence-corrected chi connectivity index (χ1v) is 6.69. The second kappa shape index (κ2) is 6.48. The van der Waals surface area contributed by atoms with Gasteiger partial charge in [-0.15, -0.1) is 0 Å². The molecule has 2 atom stereocenters. The number of alkyl halides is 1. The van der Waals surface area contributed by atoms with Crippen LogP contribution in [-0.2, 0) is 9.53 Å². The van der Waals surface area contributed by atoms with Crippen molar-refractivity contribution < 1.29 is 9.53 Å². The second-order valence-corrected chi connectivity index (χ2v) is 5.20. The van der Waals surface area contributed by atoms with Crippen molar-refractivity contribution in [3.05, 3.63) is 0 Å². The lowest BCUT2D eigenvalue weighted by Gasteiger charge is -2.20. The SMILES string of the molecule is CC(C)CC(CBr)NC(=O)C1CCOC1. The van der Waals surface area contributed by atoms with Gasteiger partial charge in [-0.25, -0.2) is 0 Å². The van der Waals surface area contributed by atoms with Gasteiger partial charge in [0.2, 0.25) is 5.91 Å². The van der Waals surface area contributed by atoms with Gasteiger partial charge in [-0.1, -0.05) is 29.8 Å². The molecule has 2 unspecified atom stereocenters. The van der Waals surface area contributed by atoms with Crippen molar-refractivity contribution in [2.75, 3.05) is 18.5 Å². The lowest BCUT2D eigenvalue weighted by atomic mass is 10.0. The molecule has 15 heavy (non-hydrogen) atoms. The van der Waals surface area contributed by atoms with Crippen LogP contribution in [0.2, 0.25) is 0 Å². The molecule has 0 spiro atoms. The maximum Gasteiger partial charge on any atom is 0.225 e. The van der Waals surface area contributed by atoms with Crippen molar-refractivity contribution in [1.29, 1.82) is 0 Å². The van der Waals surface area contributed by atoms with Gasteiger partial charge in [0.15, 0.2) is 0 Å². The van der Waals surface area contributed by atoms with E-state index < -0.39 is 0 Å². The number of amides is 1. The molecule has 0 bridgehead atoms. The zero-order valence-corrected chi connectivity index (χ0v) is 11.0. The van der Waals surface area contributed by atoms with Crippen LogP contribution in [0.15, 0.2) is 0 Å². The summed E-state index contributed by atoms with van der Waals surface area (Å²) in [6.45, 7) is 5.64. The van der Waals surface area contributed by atoms with Gasteiger partial charge >= 0.3 is 0 Å². The van der Waals surface area contributed by atoms with Crippen molar-refractivity contribution >= 4 is 21.8 Å². The third-order valence-electron chi connectivity index (χ3n) is 2.59. The Kier molecular flexibility index (Phi) is 5.61. The summed E-state index contributed by atoms with van der Waals surface area (Å²) in [6, 6.07) is 0.248. The summed E-state index contributed by atoms with van der Waals surface area (Å²) < 4.78 is 5.20. The summed E-state index contributed by atoms with van der Waals surface area (Å²) in [7, 11) is 0. The molecule has 0 radical (unpaired) electrons. The van der Waals surface area contributed by atoms with Crippen LogP contribution in [0.25, 0.3) is 0 Å². The van der Waals surface area contributed by atoms with Gasteiger partial charge in [0.05, 0.1) is 12.5 Å². The van der Waals surface area contributed by atoms with Crippen LogP contribution in [0.4, 0.5) is 0 Å². The van der Waals surface area contributed by atoms with Crippen LogP contribution in [0.5, 0.6) is 0 Å². The molecule has 1 rings (SSSR count). The summed E-state index contributed by atoms with van der Waals surface area (Å²) in [4.78, 5) is 11.8. The van der Waals surface area contributed by atoms with Gasteiger partial charge in [-0.3, -0.25) is 4.79 Å². The molecule has 0 aliphatic carbocycles. The average Bonchev–Trinajstić information content (AvgIpc) is 2.68. The Balaban J connectivity index is 2.33. The highest BCUT2D eigenvalue weighted by molar-refractivity contribution is 9.09. The van der Waals surface area contributed by atoms with E-state index >= 15 is 0 Å². The quantitative estimate of drug-likeness (QED) is 0.781. The number of hydrogen-bond donors (Lipinski definition) is 1. The van der Waals surface area contributed by atoms with Crippen molar-refractivity contribution in [1.82, 2.24) is 5.32 Å². The summed E-state index contributed by atoms with van der Waals surface area (Å²) >= 11 is 3.44. The molecule has 88 valence electrons. The van der Waals surface area contributed by atoms with E-state index in [1.54, 1.807) is 0 Å². The van der Waals surface area contributed by atoms with E-state index in [2.05, 4.69) is 35.1 Å². The normalized spacial score (nSPS) is 23.1. The van der Waals surface area contributed by atoms with Crippen LogP contribution in [-0.4, -0.2) is 30.5 Å². The number of carbonyl (C=O) groups excluding carboxylic acids is 1. The Morgan fingerprint density at radius 2 is 2.33 bits per heavy atom. The third kappa shape index (κ3) is 4.51. The zero-order valence-electron chi connectivity index (χ0n) is 9.46. The molecule has 1 aliphatic heterocycles. The van der Waals surface area contributed by atoms with Crippen LogP contribution in [0, 0.1) is 11.8 Å². The molecule has 1 heterocycles. The topological polar surface area (TPSA) is 38.3 Å². The van der Waals surface area contributed by atoms with Gasteiger partial charge in [0.25, 0.3) is 0 Å². The first-order valence-electron chi connectivity index (χ1n) is 5.57. The first kappa shape index (κ1) is 13.0. The Hall–Kier alpha value is -0.0900. The predicted molar refractivity (Wildman–Crippen MR) is 64.1 cm³/mol. The van der Waals surface area contributed by atoms with E-state index in [-0.39, 0.29) is 17.9 Å². The number of halogens is 1. The minimum absolute atomic E-state index is 0.0683. The van der Waals surface area contributed by atoms with Gasteiger partial charge < -0.3 is 10.1 Å². The van der Waals surface area contributed by atoms with Crippen molar-refractivity contribution in [2.24, 2.45) is 11.8 Å². The predicted octanol–water partition coefficient (Wildman–Crippen LogP) is 1.95. The van der Waals surface area contributed by atoms with Crippen LogP contribution < -0.4 is 5.32 Å². The molecule has 4 heteroatoms. The van der Waals surface area contributed by atoms with E-state index in [1.807, 2.05) is 0 Å². The molecule has 3 nitrogen and oxygen atoms in total. The molecule has 0 saturated carbocycles. The summed E-state index contributed by atoms with van der Waals surface area (Å²) in [5, 5.41) is 3.90. The first-order chi connectivity index (χ1) is 7.13. The highest BCUT2D eigenvalue weighted by atomic mass is 79.9. The van der Waals surface area contributed by atoms with Crippen molar-refractivity contribution in [3.63, 3.8) is 0 Å². The summed E-state index contributed by atoms with van der Waals surface area (Å²) in [6.07, 6.45) is 1.88. The van der Waals surface area contributed by atoms with Gasteiger partial charge in [0, 0.05) is 18.0 Å². The fraction of sp³-hybridized carbons (Fsp3) is 0.909. The fourth-order valence-corrected chi connectivity index (χ4v) is 2.22. The lowest BCUT2D eigenvalue weighted by Crippen LogP contribution is -2.40. The molecule has 1 fully saturated rings. The van der Waals surface area contributed by atoms with E-state index in [1.165, 1.54) is 0 Å². The minimum Gasteiger partial charge on any atom is -0.381 e. The third-order valence-corrected chi connectivity index (χ3v) is 3.37. The van der Waals surface area contributed by atoms with Crippen LogP contribution >= 0.6 is 15.9 Å². The summed E-state index contributed by atoms with van der Waals surface area (Å²) in [5.41, 5.74) is 0. The van der Waals surface area contributed by atoms with Crippen molar-refractivity contribution in [3.8, 4) is 0 Å². The van der Waals surface area contributed by atoms with Crippen LogP contribution in [0.3, 0.4) is 0 Å². The smallest absolute Gasteiger partial charge is 0.225 e. The Morgan fingerprint density at radius 3 is 2.80 bits per heavy atom. The fourth-order valence-electron chi connectivity index (χ4n) is 1.79. The molecule has 0 aromatic rings. The summed E-state index contributed by atoms with van der Waals surface area (Å²) in [5.74, 6) is 0.823. The number of rotatable bonds is 5. The highest BCUT2D eigenvalue weighted by Crippen LogP contribution is 2.14. The standard InChI is InChI=1S/C11H20BrNO2/c1-8(2)5-10(6-12)13-11(14)9-3-4-15-7-9/h8-10H,3-7H2,1-2H3,(H,13,14). The number of carbonyl (C=O) groups is 1. The van der Waals surface area contributed by atoms with E-state index in [4.69, 9.17) is 4.74 Å². The van der Waals surface area contributed by atoms with E-state index in [9.17, 15) is 4.79 Å². The molecule has 0 aromatic heterocycles. The molecule has 1 N–H and O–H groups in total. The monoisotopic (exact) mass is 277 g/mol. The van der Waals surface area contributed by atoms with Gasteiger partial charge in [-0.2, -0.15) is 0 Å². The van der Waals surface area contributed by atoms with E-state index in [0.29, 0.717) is 12.5 Å². The van der Waals surface area contributed by atoms with Crippen molar-refractivity contribution in [2.45, 2.75) is 32.7 Å². The van der Waals surface area contributed by atoms with Gasteiger partial charge in [0.1, 0.15) is 0 Å².